The molecule has 1 atom stereocenters. The van der Waals surface area contributed by atoms with Crippen LogP contribution in [0.1, 0.15) is 48.9 Å². The van der Waals surface area contributed by atoms with Crippen molar-refractivity contribution >= 4 is 29.0 Å². The van der Waals surface area contributed by atoms with Crippen LogP contribution < -0.4 is 10.7 Å². The molecule has 0 aromatic heterocycles. The quantitative estimate of drug-likeness (QED) is 0.279. The highest BCUT2D eigenvalue weighted by Gasteiger charge is 2.31. The van der Waals surface area contributed by atoms with Gasteiger partial charge in [0.15, 0.2) is 0 Å². The van der Waals surface area contributed by atoms with Crippen molar-refractivity contribution in [3.63, 3.8) is 0 Å². The smallest absolute Gasteiger partial charge is 0.315 e. The molecule has 34 heavy (non-hydrogen) atoms. The maximum absolute atomic E-state index is 13.0. The van der Waals surface area contributed by atoms with Crippen LogP contribution in [0.5, 0.6) is 0 Å². The third kappa shape index (κ3) is 5.66. The van der Waals surface area contributed by atoms with Gasteiger partial charge in [-0.25, -0.2) is 0 Å². The molecule has 0 fully saturated rings. The lowest BCUT2D eigenvalue weighted by atomic mass is 9.92. The Hall–Kier alpha value is -3.15. The Morgan fingerprint density at radius 1 is 1.00 bits per heavy atom. The van der Waals surface area contributed by atoms with Gasteiger partial charge in [-0.05, 0) is 50.9 Å². The van der Waals surface area contributed by atoms with Gasteiger partial charge in [-0.3, -0.25) is 10.2 Å². The monoisotopic (exact) mass is 475 g/mol. The number of nitrogens with one attached hydrogen (secondary N) is 2. The number of fused-ring (bicyclic) bond motifs is 1. The Kier molecular flexibility index (Phi) is 7.35. The molecule has 6 heteroatoms. The van der Waals surface area contributed by atoms with Gasteiger partial charge in [-0.2, -0.15) is 5.10 Å². The number of carbonyl (C=O) groups is 1. The van der Waals surface area contributed by atoms with Crippen molar-refractivity contribution in [2.24, 2.45) is 5.10 Å². The minimum absolute atomic E-state index is 0.241. The van der Waals surface area contributed by atoms with Crippen LogP contribution in [0.15, 0.2) is 77.9 Å². The number of esters is 1. The van der Waals surface area contributed by atoms with Crippen molar-refractivity contribution in [1.82, 2.24) is 5.32 Å². The standard InChI is InChI=1S/C28H30ClN3O2/c1-28(2,3)34-27(33)23-18-30-17-16-22-21(23)14-15-24(29)26(22)32-31-25(19-10-6-4-7-11-19)20-12-8-5-9-13-20/h4-15,23,30,32H,16-18H2,1-3H3. The maximum atomic E-state index is 13.0. The van der Waals surface area contributed by atoms with Crippen LogP contribution in [-0.4, -0.2) is 30.4 Å². The first-order valence-electron chi connectivity index (χ1n) is 11.5. The maximum Gasteiger partial charge on any atom is 0.315 e. The molecule has 0 bridgehead atoms. The van der Waals surface area contributed by atoms with Gasteiger partial charge in [0.1, 0.15) is 5.60 Å². The molecule has 3 aromatic rings. The molecule has 0 saturated heterocycles. The molecular weight excluding hydrogens is 446 g/mol. The van der Waals surface area contributed by atoms with Gasteiger partial charge in [-0.15, -0.1) is 0 Å². The lowest BCUT2D eigenvalue weighted by Gasteiger charge is -2.25. The second-order valence-electron chi connectivity index (χ2n) is 9.33. The Morgan fingerprint density at radius 3 is 2.21 bits per heavy atom. The molecule has 0 radical (unpaired) electrons. The predicted molar refractivity (Wildman–Crippen MR) is 139 cm³/mol. The summed E-state index contributed by atoms with van der Waals surface area (Å²) >= 11 is 6.66. The van der Waals surface area contributed by atoms with Crippen LogP contribution in [0.2, 0.25) is 5.02 Å². The van der Waals surface area contributed by atoms with E-state index < -0.39 is 11.5 Å². The van der Waals surface area contributed by atoms with E-state index in [0.29, 0.717) is 11.6 Å². The van der Waals surface area contributed by atoms with Gasteiger partial charge in [0, 0.05) is 17.7 Å². The fourth-order valence-corrected chi connectivity index (χ4v) is 4.32. The number of hydrogen-bond acceptors (Lipinski definition) is 5. The third-order valence-electron chi connectivity index (χ3n) is 5.64. The zero-order valence-corrected chi connectivity index (χ0v) is 20.5. The summed E-state index contributed by atoms with van der Waals surface area (Å²) in [5.41, 5.74) is 8.12. The summed E-state index contributed by atoms with van der Waals surface area (Å²) in [4.78, 5) is 13.0. The largest absolute Gasteiger partial charge is 0.459 e. The van der Waals surface area contributed by atoms with E-state index in [0.717, 1.165) is 46.6 Å². The van der Waals surface area contributed by atoms with E-state index in [-0.39, 0.29) is 5.97 Å². The topological polar surface area (TPSA) is 62.7 Å². The second-order valence-corrected chi connectivity index (χ2v) is 9.74. The molecule has 0 saturated carbocycles. The van der Waals surface area contributed by atoms with Crippen molar-refractivity contribution in [2.45, 2.75) is 38.7 Å². The van der Waals surface area contributed by atoms with Gasteiger partial charge in [0.2, 0.25) is 0 Å². The third-order valence-corrected chi connectivity index (χ3v) is 5.95. The zero-order chi connectivity index (χ0) is 24.1. The molecule has 0 amide bonds. The van der Waals surface area contributed by atoms with E-state index >= 15 is 0 Å². The molecule has 4 rings (SSSR count). The predicted octanol–water partition coefficient (Wildman–Crippen LogP) is 5.78. The summed E-state index contributed by atoms with van der Waals surface area (Å²) in [6.07, 6.45) is 0.721. The van der Waals surface area contributed by atoms with Crippen LogP contribution >= 0.6 is 11.6 Å². The molecule has 5 nitrogen and oxygen atoms in total. The summed E-state index contributed by atoms with van der Waals surface area (Å²) in [6.45, 7) is 6.90. The molecule has 0 aliphatic carbocycles. The van der Waals surface area contributed by atoms with Crippen LogP contribution in [0, 0.1) is 0 Å². The summed E-state index contributed by atoms with van der Waals surface area (Å²) in [5, 5.41) is 8.74. The summed E-state index contributed by atoms with van der Waals surface area (Å²) in [6, 6.07) is 23.8. The first-order chi connectivity index (χ1) is 16.3. The lowest BCUT2D eigenvalue weighted by Crippen LogP contribution is -2.32. The Labute approximate surface area is 206 Å². The molecule has 2 N–H and O–H groups in total. The minimum atomic E-state index is -0.554. The number of nitrogens with zero attached hydrogens (tertiary/aromatic N) is 1. The Bertz CT molecular complexity index is 1130. The Balaban J connectivity index is 1.74. The highest BCUT2D eigenvalue weighted by atomic mass is 35.5. The van der Waals surface area contributed by atoms with Crippen LogP contribution in [0.4, 0.5) is 5.69 Å². The van der Waals surface area contributed by atoms with E-state index in [1.165, 1.54) is 0 Å². The van der Waals surface area contributed by atoms with E-state index in [2.05, 4.69) is 10.7 Å². The van der Waals surface area contributed by atoms with Crippen molar-refractivity contribution in [3.05, 3.63) is 100 Å². The number of rotatable bonds is 5. The minimum Gasteiger partial charge on any atom is -0.459 e. The Morgan fingerprint density at radius 2 is 1.62 bits per heavy atom. The molecule has 3 aromatic carbocycles. The van der Waals surface area contributed by atoms with Crippen molar-refractivity contribution in [2.75, 3.05) is 18.5 Å². The number of carbonyl (C=O) groups excluding carboxylic acids is 1. The van der Waals surface area contributed by atoms with Crippen molar-refractivity contribution < 1.29 is 9.53 Å². The summed E-state index contributed by atoms with van der Waals surface area (Å²) < 4.78 is 5.71. The molecular formula is C28H30ClN3O2. The normalized spacial score (nSPS) is 15.6. The highest BCUT2D eigenvalue weighted by Crippen LogP contribution is 2.35. The van der Waals surface area contributed by atoms with Crippen LogP contribution in [-0.2, 0) is 16.0 Å². The van der Waals surface area contributed by atoms with Crippen LogP contribution in [0.25, 0.3) is 0 Å². The molecule has 1 heterocycles. The average molecular weight is 476 g/mol. The second kappa shape index (κ2) is 10.4. The van der Waals surface area contributed by atoms with Gasteiger partial charge >= 0.3 is 5.97 Å². The average Bonchev–Trinajstić information content (AvgIpc) is 3.03. The number of anilines is 1. The summed E-state index contributed by atoms with van der Waals surface area (Å²) in [7, 11) is 0. The van der Waals surface area contributed by atoms with E-state index in [9.17, 15) is 4.79 Å². The molecule has 1 aliphatic heterocycles. The SMILES string of the molecule is CC(C)(C)OC(=O)C1CNCCc2c1ccc(Cl)c2NN=C(c1ccccc1)c1ccccc1. The first kappa shape index (κ1) is 24.0. The number of halogens is 1. The van der Waals surface area contributed by atoms with Gasteiger partial charge in [0.25, 0.3) is 0 Å². The fourth-order valence-electron chi connectivity index (χ4n) is 4.10. The van der Waals surface area contributed by atoms with E-state index in [1.54, 1.807) is 0 Å². The number of hydrogen-bond donors (Lipinski definition) is 2. The zero-order valence-electron chi connectivity index (χ0n) is 19.8. The lowest BCUT2D eigenvalue weighted by molar-refractivity contribution is -0.156. The van der Waals surface area contributed by atoms with Crippen molar-refractivity contribution in [3.8, 4) is 0 Å². The number of hydrazone groups is 1. The molecule has 1 unspecified atom stereocenters. The van der Waals surface area contributed by atoms with E-state index in [4.69, 9.17) is 21.4 Å². The van der Waals surface area contributed by atoms with E-state index in [1.807, 2.05) is 93.6 Å². The molecule has 0 spiro atoms. The van der Waals surface area contributed by atoms with Crippen molar-refractivity contribution in [1.29, 1.82) is 0 Å². The van der Waals surface area contributed by atoms with Gasteiger partial charge < -0.3 is 10.1 Å². The fraction of sp³-hybridized carbons (Fsp3) is 0.286. The van der Waals surface area contributed by atoms with Crippen LogP contribution in [0.3, 0.4) is 0 Å². The number of benzene rings is 3. The molecule has 1 aliphatic rings. The summed E-state index contributed by atoms with van der Waals surface area (Å²) in [5.74, 6) is -0.657. The number of ether oxygens (including phenoxy) is 1. The van der Waals surface area contributed by atoms with Gasteiger partial charge in [-0.1, -0.05) is 78.3 Å². The first-order valence-corrected chi connectivity index (χ1v) is 11.9. The van der Waals surface area contributed by atoms with Gasteiger partial charge in [0.05, 0.1) is 22.3 Å². The highest BCUT2D eigenvalue weighted by molar-refractivity contribution is 6.33. The molecule has 176 valence electrons.